The Balaban J connectivity index is 2.48. The van der Waals surface area contributed by atoms with Gasteiger partial charge in [-0.2, -0.15) is 4.98 Å². The molecule has 0 spiro atoms. The quantitative estimate of drug-likeness (QED) is 0.879. The average Bonchev–Trinajstić information content (AvgIpc) is 2.71. The SMILES string of the molecule is CCOC(=O)c1nc(-c2c(Cl)cccc2Cl)oc1N. The van der Waals surface area contributed by atoms with Crippen LogP contribution in [-0.4, -0.2) is 17.6 Å². The number of oxazole rings is 1. The number of nitrogen functional groups attached to an aromatic ring is 1. The lowest BCUT2D eigenvalue weighted by molar-refractivity contribution is 0.0521. The van der Waals surface area contributed by atoms with Crippen molar-refractivity contribution in [3.05, 3.63) is 33.9 Å². The van der Waals surface area contributed by atoms with Crippen molar-refractivity contribution in [3.63, 3.8) is 0 Å². The molecule has 0 saturated heterocycles. The zero-order valence-corrected chi connectivity index (χ0v) is 11.5. The highest BCUT2D eigenvalue weighted by atomic mass is 35.5. The standard InChI is InChI=1S/C12H10Cl2N2O3/c1-2-18-12(17)9-10(15)19-11(16-9)8-6(13)4-3-5-7(8)14/h3-5H,2,15H2,1H3. The molecule has 2 N–H and O–H groups in total. The van der Waals surface area contributed by atoms with Gasteiger partial charge >= 0.3 is 5.97 Å². The molecule has 0 atom stereocenters. The molecular weight excluding hydrogens is 291 g/mol. The van der Waals surface area contributed by atoms with E-state index >= 15 is 0 Å². The minimum absolute atomic E-state index is 0.0798. The summed E-state index contributed by atoms with van der Waals surface area (Å²) in [6.07, 6.45) is 0. The van der Waals surface area contributed by atoms with E-state index in [1.165, 1.54) is 0 Å². The summed E-state index contributed by atoms with van der Waals surface area (Å²) in [5.41, 5.74) is 5.89. The third-order valence-corrected chi connectivity index (χ3v) is 2.93. The fraction of sp³-hybridized carbons (Fsp3) is 0.167. The Hall–Kier alpha value is -1.72. The highest BCUT2D eigenvalue weighted by Crippen LogP contribution is 2.35. The number of nitrogens with two attached hydrogens (primary N) is 1. The minimum Gasteiger partial charge on any atom is -0.461 e. The molecule has 0 saturated carbocycles. The Morgan fingerprint density at radius 3 is 2.63 bits per heavy atom. The van der Waals surface area contributed by atoms with Crippen LogP contribution in [-0.2, 0) is 4.74 Å². The van der Waals surface area contributed by atoms with Crippen molar-refractivity contribution in [2.75, 3.05) is 12.3 Å². The summed E-state index contributed by atoms with van der Waals surface area (Å²) < 4.78 is 10.0. The van der Waals surface area contributed by atoms with Crippen LogP contribution in [0.25, 0.3) is 11.5 Å². The van der Waals surface area contributed by atoms with Crippen LogP contribution >= 0.6 is 23.2 Å². The molecule has 2 aromatic rings. The maximum absolute atomic E-state index is 11.6. The van der Waals surface area contributed by atoms with Gasteiger partial charge in [-0.3, -0.25) is 0 Å². The number of carbonyl (C=O) groups is 1. The molecule has 1 aromatic carbocycles. The molecule has 0 radical (unpaired) electrons. The second-order valence-electron chi connectivity index (χ2n) is 3.55. The second kappa shape index (κ2) is 5.50. The minimum atomic E-state index is -0.654. The van der Waals surface area contributed by atoms with E-state index in [9.17, 15) is 4.79 Å². The Kier molecular flexibility index (Phi) is 3.97. The van der Waals surface area contributed by atoms with Crippen molar-refractivity contribution in [3.8, 4) is 11.5 Å². The molecule has 0 aliphatic heterocycles. The first-order chi connectivity index (χ1) is 9.04. The Morgan fingerprint density at radius 1 is 1.42 bits per heavy atom. The highest BCUT2D eigenvalue weighted by Gasteiger charge is 2.22. The molecule has 0 amide bonds. The number of anilines is 1. The zero-order chi connectivity index (χ0) is 14.0. The number of hydrogen-bond donors (Lipinski definition) is 1. The highest BCUT2D eigenvalue weighted by molar-refractivity contribution is 6.38. The zero-order valence-electron chi connectivity index (χ0n) is 9.94. The molecule has 1 aromatic heterocycles. The fourth-order valence-corrected chi connectivity index (χ4v) is 2.05. The molecule has 100 valence electrons. The lowest BCUT2D eigenvalue weighted by Crippen LogP contribution is -2.07. The van der Waals surface area contributed by atoms with Crippen LogP contribution in [0.1, 0.15) is 17.4 Å². The van der Waals surface area contributed by atoms with Crippen molar-refractivity contribution >= 4 is 35.1 Å². The van der Waals surface area contributed by atoms with Gasteiger partial charge in [0, 0.05) is 0 Å². The molecule has 1 heterocycles. The summed E-state index contributed by atoms with van der Waals surface area (Å²) in [7, 11) is 0. The predicted octanol–water partition coefficient (Wildman–Crippen LogP) is 3.41. The monoisotopic (exact) mass is 300 g/mol. The van der Waals surface area contributed by atoms with E-state index in [4.69, 9.17) is 38.1 Å². The average molecular weight is 301 g/mol. The number of nitrogens with zero attached hydrogens (tertiary/aromatic N) is 1. The van der Waals surface area contributed by atoms with Gasteiger partial charge in [0.2, 0.25) is 17.5 Å². The van der Waals surface area contributed by atoms with Crippen LogP contribution in [0.15, 0.2) is 22.6 Å². The van der Waals surface area contributed by atoms with Crippen LogP contribution in [0.2, 0.25) is 10.0 Å². The van der Waals surface area contributed by atoms with Gasteiger partial charge in [0.1, 0.15) is 0 Å². The fourth-order valence-electron chi connectivity index (χ4n) is 1.49. The third kappa shape index (κ3) is 2.67. The number of rotatable bonds is 3. The van der Waals surface area contributed by atoms with E-state index in [1.807, 2.05) is 0 Å². The number of halogens is 2. The van der Waals surface area contributed by atoms with Gasteiger partial charge < -0.3 is 14.9 Å². The Labute approximate surface area is 119 Å². The number of benzene rings is 1. The number of hydrogen-bond acceptors (Lipinski definition) is 5. The van der Waals surface area contributed by atoms with E-state index in [-0.39, 0.29) is 24.1 Å². The molecule has 2 rings (SSSR count). The topological polar surface area (TPSA) is 78.3 Å². The normalized spacial score (nSPS) is 10.5. The third-order valence-electron chi connectivity index (χ3n) is 2.30. The van der Waals surface area contributed by atoms with E-state index in [0.717, 1.165) is 0 Å². The maximum Gasteiger partial charge on any atom is 0.362 e. The van der Waals surface area contributed by atoms with E-state index < -0.39 is 5.97 Å². The van der Waals surface area contributed by atoms with Crippen LogP contribution < -0.4 is 5.73 Å². The number of carbonyl (C=O) groups excluding carboxylic acids is 1. The van der Waals surface area contributed by atoms with Gasteiger partial charge in [-0.1, -0.05) is 29.3 Å². The van der Waals surface area contributed by atoms with Crippen molar-refractivity contribution in [1.29, 1.82) is 0 Å². The molecule has 0 bridgehead atoms. The van der Waals surface area contributed by atoms with Gasteiger partial charge in [0.05, 0.1) is 22.2 Å². The lowest BCUT2D eigenvalue weighted by Gasteiger charge is -2.01. The summed E-state index contributed by atoms with van der Waals surface area (Å²) in [6, 6.07) is 4.95. The van der Waals surface area contributed by atoms with Gasteiger partial charge in [0.25, 0.3) is 0 Å². The molecule has 0 aliphatic carbocycles. The van der Waals surface area contributed by atoms with Gasteiger partial charge in [-0.25, -0.2) is 4.79 Å². The molecule has 7 heteroatoms. The maximum atomic E-state index is 11.6. The predicted molar refractivity (Wildman–Crippen MR) is 72.3 cm³/mol. The van der Waals surface area contributed by atoms with Crippen LogP contribution in [0.5, 0.6) is 0 Å². The first-order valence-corrected chi connectivity index (χ1v) is 6.18. The van der Waals surface area contributed by atoms with Crippen molar-refractivity contribution in [2.45, 2.75) is 6.92 Å². The van der Waals surface area contributed by atoms with Gasteiger partial charge in [-0.05, 0) is 19.1 Å². The molecule has 19 heavy (non-hydrogen) atoms. The molecule has 0 unspecified atom stereocenters. The van der Waals surface area contributed by atoms with Crippen molar-refractivity contribution in [2.24, 2.45) is 0 Å². The first kappa shape index (κ1) is 13.7. The van der Waals surface area contributed by atoms with Crippen LogP contribution in [0, 0.1) is 0 Å². The van der Waals surface area contributed by atoms with Gasteiger partial charge in [0.15, 0.2) is 0 Å². The second-order valence-corrected chi connectivity index (χ2v) is 4.36. The number of ether oxygens (including phenoxy) is 1. The first-order valence-electron chi connectivity index (χ1n) is 5.42. The van der Waals surface area contributed by atoms with Crippen molar-refractivity contribution in [1.82, 2.24) is 4.98 Å². The molecule has 0 aliphatic rings. The summed E-state index contributed by atoms with van der Waals surface area (Å²) in [4.78, 5) is 15.6. The Bertz CT molecular complexity index is 605. The smallest absolute Gasteiger partial charge is 0.362 e. The number of aromatic nitrogens is 1. The largest absolute Gasteiger partial charge is 0.461 e. The van der Waals surface area contributed by atoms with E-state index in [0.29, 0.717) is 15.6 Å². The summed E-state index contributed by atoms with van der Waals surface area (Å²) in [5.74, 6) is -0.709. The van der Waals surface area contributed by atoms with E-state index in [2.05, 4.69) is 4.98 Å². The lowest BCUT2D eigenvalue weighted by atomic mass is 10.2. The molecule has 5 nitrogen and oxygen atoms in total. The van der Waals surface area contributed by atoms with Crippen LogP contribution in [0.3, 0.4) is 0 Å². The molecular formula is C12H10Cl2N2O3. The summed E-state index contributed by atoms with van der Waals surface area (Å²) >= 11 is 12.0. The molecule has 0 fully saturated rings. The van der Waals surface area contributed by atoms with E-state index in [1.54, 1.807) is 25.1 Å². The number of esters is 1. The summed E-state index contributed by atoms with van der Waals surface area (Å²) in [5, 5.41) is 0.702. The summed E-state index contributed by atoms with van der Waals surface area (Å²) in [6.45, 7) is 1.90. The van der Waals surface area contributed by atoms with Gasteiger partial charge in [-0.15, -0.1) is 0 Å². The van der Waals surface area contributed by atoms with Crippen LogP contribution in [0.4, 0.5) is 5.88 Å². The Morgan fingerprint density at radius 2 is 2.05 bits per heavy atom. The van der Waals surface area contributed by atoms with Crippen molar-refractivity contribution < 1.29 is 13.9 Å².